The van der Waals surface area contributed by atoms with Crippen molar-refractivity contribution in [1.29, 1.82) is 0 Å². The lowest BCUT2D eigenvalue weighted by molar-refractivity contribution is 0.0485. The zero-order valence-electron chi connectivity index (χ0n) is 13.9. The molecule has 1 saturated heterocycles. The fourth-order valence-corrected chi connectivity index (χ4v) is 2.87. The number of carbonyl (C=O) groups is 1. The summed E-state index contributed by atoms with van der Waals surface area (Å²) in [6, 6.07) is 10.6. The molecule has 0 aromatic heterocycles. The normalized spacial score (nSPS) is 19.7. The lowest BCUT2D eigenvalue weighted by atomic mass is 9.93. The van der Waals surface area contributed by atoms with Crippen LogP contribution in [0.1, 0.15) is 39.2 Å². The number of hydrogen-bond acceptors (Lipinski definition) is 3. The number of amides is 1. The van der Waals surface area contributed by atoms with Crippen molar-refractivity contribution in [2.24, 2.45) is 5.92 Å². The van der Waals surface area contributed by atoms with Gasteiger partial charge in [-0.2, -0.15) is 0 Å². The highest BCUT2D eigenvalue weighted by atomic mass is 16.6. The molecule has 1 heterocycles. The van der Waals surface area contributed by atoms with Gasteiger partial charge in [0, 0.05) is 6.04 Å². The number of rotatable bonds is 5. The van der Waals surface area contributed by atoms with Gasteiger partial charge in [0.05, 0.1) is 0 Å². The molecule has 1 aliphatic heterocycles. The minimum absolute atomic E-state index is 0.157. The summed E-state index contributed by atoms with van der Waals surface area (Å²) in [6.45, 7) is 7.67. The molecule has 4 heteroatoms. The Hall–Kier alpha value is -1.55. The van der Waals surface area contributed by atoms with Gasteiger partial charge in [-0.25, -0.2) is 4.79 Å². The molecule has 22 heavy (non-hydrogen) atoms. The van der Waals surface area contributed by atoms with Gasteiger partial charge in [0.1, 0.15) is 5.60 Å². The molecule has 0 radical (unpaired) electrons. The van der Waals surface area contributed by atoms with Crippen LogP contribution in [0.3, 0.4) is 0 Å². The van der Waals surface area contributed by atoms with E-state index in [1.807, 2.05) is 26.8 Å². The number of carbonyl (C=O) groups excluding carboxylic acids is 1. The Bertz CT molecular complexity index is 462. The Morgan fingerprint density at radius 3 is 2.68 bits per heavy atom. The van der Waals surface area contributed by atoms with Crippen LogP contribution in [0.4, 0.5) is 4.79 Å². The van der Waals surface area contributed by atoms with Crippen molar-refractivity contribution in [3.05, 3.63) is 35.9 Å². The van der Waals surface area contributed by atoms with E-state index in [2.05, 4.69) is 34.9 Å². The summed E-state index contributed by atoms with van der Waals surface area (Å²) in [5.74, 6) is 0.483. The molecule has 2 rings (SSSR count). The van der Waals surface area contributed by atoms with Crippen molar-refractivity contribution in [1.82, 2.24) is 10.6 Å². The van der Waals surface area contributed by atoms with Gasteiger partial charge in [0.25, 0.3) is 0 Å². The summed E-state index contributed by atoms with van der Waals surface area (Å²) < 4.78 is 5.41. The van der Waals surface area contributed by atoms with E-state index in [4.69, 9.17) is 4.74 Å². The third kappa shape index (κ3) is 5.68. The third-order valence-corrected chi connectivity index (χ3v) is 3.96. The van der Waals surface area contributed by atoms with Crippen molar-refractivity contribution in [3.8, 4) is 0 Å². The van der Waals surface area contributed by atoms with Crippen LogP contribution in [0.15, 0.2) is 30.3 Å². The van der Waals surface area contributed by atoms with Gasteiger partial charge in [-0.15, -0.1) is 0 Å². The molecule has 1 amide bonds. The maximum absolute atomic E-state index is 12.1. The third-order valence-electron chi connectivity index (χ3n) is 3.96. The van der Waals surface area contributed by atoms with Gasteiger partial charge in [-0.1, -0.05) is 30.3 Å². The second kappa shape index (κ2) is 7.63. The maximum atomic E-state index is 12.1. The van der Waals surface area contributed by atoms with Crippen molar-refractivity contribution < 1.29 is 9.53 Å². The van der Waals surface area contributed by atoms with E-state index in [-0.39, 0.29) is 12.1 Å². The molecule has 2 N–H and O–H groups in total. The Balaban J connectivity index is 1.92. The maximum Gasteiger partial charge on any atom is 0.407 e. The fourth-order valence-electron chi connectivity index (χ4n) is 2.87. The SMILES string of the molecule is CC(C)(C)OC(=O)NC(CCc1ccccc1)C1CCNC1. The van der Waals surface area contributed by atoms with Gasteiger partial charge in [-0.05, 0) is 64.6 Å². The first-order valence-electron chi connectivity index (χ1n) is 8.18. The summed E-state index contributed by atoms with van der Waals surface area (Å²) in [7, 11) is 0. The smallest absolute Gasteiger partial charge is 0.407 e. The first-order chi connectivity index (χ1) is 10.4. The molecular weight excluding hydrogens is 276 g/mol. The predicted octanol–water partition coefficient (Wildman–Crippen LogP) is 3.12. The number of benzene rings is 1. The molecule has 122 valence electrons. The fraction of sp³-hybridized carbons (Fsp3) is 0.611. The highest BCUT2D eigenvalue weighted by Crippen LogP contribution is 2.18. The number of aryl methyl sites for hydroxylation is 1. The van der Waals surface area contributed by atoms with E-state index in [1.54, 1.807) is 0 Å². The van der Waals surface area contributed by atoms with Crippen molar-refractivity contribution in [3.63, 3.8) is 0 Å². The highest BCUT2D eigenvalue weighted by molar-refractivity contribution is 5.68. The van der Waals surface area contributed by atoms with Crippen LogP contribution in [0.5, 0.6) is 0 Å². The minimum Gasteiger partial charge on any atom is -0.444 e. The Morgan fingerprint density at radius 1 is 1.36 bits per heavy atom. The molecule has 0 spiro atoms. The van der Waals surface area contributed by atoms with Crippen LogP contribution in [-0.2, 0) is 11.2 Å². The van der Waals surface area contributed by atoms with E-state index in [0.29, 0.717) is 5.92 Å². The Labute approximate surface area is 133 Å². The average Bonchev–Trinajstić information content (AvgIpc) is 2.96. The zero-order chi connectivity index (χ0) is 16.0. The summed E-state index contributed by atoms with van der Waals surface area (Å²) in [4.78, 5) is 12.1. The molecule has 1 aromatic carbocycles. The molecule has 0 bridgehead atoms. The van der Waals surface area contributed by atoms with Gasteiger partial charge in [0.2, 0.25) is 0 Å². The first kappa shape index (κ1) is 16.8. The minimum atomic E-state index is -0.456. The monoisotopic (exact) mass is 304 g/mol. The lowest BCUT2D eigenvalue weighted by Crippen LogP contribution is -2.44. The number of nitrogens with one attached hydrogen (secondary N) is 2. The second-order valence-electron chi connectivity index (χ2n) is 7.03. The van der Waals surface area contributed by atoms with Crippen molar-refractivity contribution in [2.45, 2.75) is 51.7 Å². The standard InChI is InChI=1S/C18H28N2O2/c1-18(2,3)22-17(21)20-16(15-11-12-19-13-15)10-9-14-7-5-4-6-8-14/h4-8,15-16,19H,9-13H2,1-3H3,(H,20,21). The van der Waals surface area contributed by atoms with Gasteiger partial charge in [0.15, 0.2) is 0 Å². The van der Waals surface area contributed by atoms with Crippen LogP contribution in [0, 0.1) is 5.92 Å². The summed E-state index contributed by atoms with van der Waals surface area (Å²) in [5, 5.41) is 6.46. The molecule has 0 aliphatic carbocycles. The predicted molar refractivity (Wildman–Crippen MR) is 88.9 cm³/mol. The van der Waals surface area contributed by atoms with Crippen LogP contribution in [0.2, 0.25) is 0 Å². The largest absolute Gasteiger partial charge is 0.444 e. The van der Waals surface area contributed by atoms with Gasteiger partial charge >= 0.3 is 6.09 Å². The molecule has 1 aliphatic rings. The molecular formula is C18H28N2O2. The summed E-state index contributed by atoms with van der Waals surface area (Å²) >= 11 is 0. The molecule has 2 atom stereocenters. The van der Waals surface area contributed by atoms with E-state index in [1.165, 1.54) is 5.56 Å². The van der Waals surface area contributed by atoms with E-state index in [0.717, 1.165) is 32.4 Å². The molecule has 1 aromatic rings. The van der Waals surface area contributed by atoms with Gasteiger partial charge in [-0.3, -0.25) is 0 Å². The number of alkyl carbamates (subject to hydrolysis) is 1. The summed E-state index contributed by atoms with van der Waals surface area (Å²) in [6.07, 6.45) is 2.71. The van der Waals surface area contributed by atoms with E-state index in [9.17, 15) is 4.79 Å². The number of hydrogen-bond donors (Lipinski definition) is 2. The van der Waals surface area contributed by atoms with Crippen LogP contribution >= 0.6 is 0 Å². The van der Waals surface area contributed by atoms with Crippen LogP contribution in [-0.4, -0.2) is 30.8 Å². The first-order valence-corrected chi connectivity index (χ1v) is 8.18. The molecule has 0 saturated carbocycles. The Morgan fingerprint density at radius 2 is 2.09 bits per heavy atom. The van der Waals surface area contributed by atoms with Crippen LogP contribution < -0.4 is 10.6 Å². The average molecular weight is 304 g/mol. The van der Waals surface area contributed by atoms with Crippen molar-refractivity contribution in [2.75, 3.05) is 13.1 Å². The van der Waals surface area contributed by atoms with Gasteiger partial charge < -0.3 is 15.4 Å². The van der Waals surface area contributed by atoms with E-state index < -0.39 is 5.60 Å². The van der Waals surface area contributed by atoms with Crippen LogP contribution in [0.25, 0.3) is 0 Å². The molecule has 1 fully saturated rings. The topological polar surface area (TPSA) is 50.4 Å². The van der Waals surface area contributed by atoms with E-state index >= 15 is 0 Å². The highest BCUT2D eigenvalue weighted by Gasteiger charge is 2.27. The lowest BCUT2D eigenvalue weighted by Gasteiger charge is -2.27. The van der Waals surface area contributed by atoms with Crippen molar-refractivity contribution >= 4 is 6.09 Å². The zero-order valence-corrected chi connectivity index (χ0v) is 13.9. The Kier molecular flexibility index (Phi) is 5.83. The molecule has 4 nitrogen and oxygen atoms in total. The summed E-state index contributed by atoms with van der Waals surface area (Å²) in [5.41, 5.74) is 0.853. The molecule has 2 unspecified atom stereocenters. The quantitative estimate of drug-likeness (QED) is 0.879. The second-order valence-corrected chi connectivity index (χ2v) is 7.03. The number of ether oxygens (including phenoxy) is 1.